The molecule has 4 nitrogen and oxygen atoms in total. The second kappa shape index (κ2) is 4.21. The van der Waals surface area contributed by atoms with Crippen LogP contribution in [0.4, 0.5) is 0 Å². The summed E-state index contributed by atoms with van der Waals surface area (Å²) in [4.78, 5) is 9.76. The molecule has 0 saturated carbocycles. The first-order valence-corrected chi connectivity index (χ1v) is 3.79. The van der Waals surface area contributed by atoms with Crippen LogP contribution in [-0.2, 0) is 13.0 Å². The average Bonchev–Trinajstić information content (AvgIpc) is 2.08. The first-order chi connectivity index (χ1) is 6.22. The predicted octanol–water partition coefficient (Wildman–Crippen LogP) is 1.53. The van der Waals surface area contributed by atoms with E-state index >= 15 is 0 Å². The number of nitrogens with zero attached hydrogens (tertiary/aromatic N) is 2. The molecule has 0 radical (unpaired) electrons. The lowest BCUT2D eigenvalue weighted by Gasteiger charge is -1.96. The summed E-state index contributed by atoms with van der Waals surface area (Å²) in [5.41, 5.74) is 1.54. The second-order valence-electron chi connectivity index (χ2n) is 2.64. The van der Waals surface area contributed by atoms with Gasteiger partial charge in [-0.1, -0.05) is 24.3 Å². The number of nitriles is 1. The van der Waals surface area contributed by atoms with Gasteiger partial charge in [0, 0.05) is 10.5 Å². The highest BCUT2D eigenvalue weighted by Crippen LogP contribution is 2.05. The third kappa shape index (κ3) is 2.91. The van der Waals surface area contributed by atoms with Gasteiger partial charge in [-0.25, -0.2) is 0 Å². The molecule has 0 aliphatic heterocycles. The molecule has 0 bridgehead atoms. The van der Waals surface area contributed by atoms with Gasteiger partial charge in [-0.3, -0.25) is 10.1 Å². The van der Waals surface area contributed by atoms with E-state index in [2.05, 4.69) is 0 Å². The van der Waals surface area contributed by atoms with Crippen molar-refractivity contribution in [2.24, 2.45) is 0 Å². The number of nitro groups is 1. The summed E-state index contributed by atoms with van der Waals surface area (Å²) in [6.45, 7) is -0.160. The van der Waals surface area contributed by atoms with Crippen molar-refractivity contribution < 1.29 is 4.92 Å². The quantitative estimate of drug-likeness (QED) is 0.518. The summed E-state index contributed by atoms with van der Waals surface area (Å²) >= 11 is 0. The standard InChI is InChI=1S/C9H8N2O2/c10-6-5-8-1-3-9(4-2-8)7-11(12)13/h1-4H,5,7H2. The van der Waals surface area contributed by atoms with Crippen LogP contribution in [-0.4, -0.2) is 4.92 Å². The summed E-state index contributed by atoms with van der Waals surface area (Å²) in [6, 6.07) is 8.84. The maximum atomic E-state index is 10.1. The molecule has 0 aliphatic carbocycles. The van der Waals surface area contributed by atoms with Crippen molar-refractivity contribution in [3.05, 3.63) is 45.5 Å². The molecule has 0 fully saturated rings. The molecular weight excluding hydrogens is 168 g/mol. The molecule has 0 atom stereocenters. The van der Waals surface area contributed by atoms with E-state index in [4.69, 9.17) is 5.26 Å². The maximum Gasteiger partial charge on any atom is 0.228 e. The van der Waals surface area contributed by atoms with Crippen LogP contribution < -0.4 is 0 Å². The Morgan fingerprint density at radius 3 is 2.31 bits per heavy atom. The van der Waals surface area contributed by atoms with Crippen LogP contribution in [0.15, 0.2) is 24.3 Å². The van der Waals surface area contributed by atoms with Crippen molar-refractivity contribution >= 4 is 0 Å². The third-order valence-electron chi connectivity index (χ3n) is 1.62. The normalized spacial score (nSPS) is 9.15. The fourth-order valence-electron chi connectivity index (χ4n) is 1.00. The van der Waals surface area contributed by atoms with E-state index in [0.717, 1.165) is 5.56 Å². The lowest BCUT2D eigenvalue weighted by molar-refractivity contribution is -0.496. The molecule has 0 N–H and O–H groups in total. The van der Waals surface area contributed by atoms with Crippen LogP contribution in [0.5, 0.6) is 0 Å². The number of rotatable bonds is 3. The fraction of sp³-hybridized carbons (Fsp3) is 0.222. The molecule has 66 valence electrons. The second-order valence-corrected chi connectivity index (χ2v) is 2.64. The Bertz CT molecular complexity index is 338. The zero-order chi connectivity index (χ0) is 9.68. The molecule has 1 aromatic rings. The predicted molar refractivity (Wildman–Crippen MR) is 46.5 cm³/mol. The number of hydrogen-bond acceptors (Lipinski definition) is 3. The van der Waals surface area contributed by atoms with Gasteiger partial charge in [0.15, 0.2) is 0 Å². The Hall–Kier alpha value is -1.89. The molecule has 0 saturated heterocycles. The van der Waals surface area contributed by atoms with Gasteiger partial charge >= 0.3 is 0 Å². The Balaban J connectivity index is 2.70. The average molecular weight is 176 g/mol. The van der Waals surface area contributed by atoms with E-state index in [0.29, 0.717) is 12.0 Å². The zero-order valence-corrected chi connectivity index (χ0v) is 6.93. The molecular formula is C9H8N2O2. The van der Waals surface area contributed by atoms with Gasteiger partial charge in [-0.05, 0) is 5.56 Å². The van der Waals surface area contributed by atoms with Crippen molar-refractivity contribution in [2.75, 3.05) is 0 Å². The monoisotopic (exact) mass is 176 g/mol. The molecule has 4 heteroatoms. The zero-order valence-electron chi connectivity index (χ0n) is 6.93. The number of benzene rings is 1. The molecule has 0 amide bonds. The highest BCUT2D eigenvalue weighted by Gasteiger charge is 2.00. The first-order valence-electron chi connectivity index (χ1n) is 3.79. The van der Waals surface area contributed by atoms with Gasteiger partial charge in [0.05, 0.1) is 12.5 Å². The molecule has 0 heterocycles. The topological polar surface area (TPSA) is 66.9 Å². The van der Waals surface area contributed by atoms with Gasteiger partial charge < -0.3 is 0 Å². The minimum absolute atomic E-state index is 0.160. The van der Waals surface area contributed by atoms with Crippen molar-refractivity contribution in [1.29, 1.82) is 5.26 Å². The summed E-state index contributed by atoms with van der Waals surface area (Å²) in [5.74, 6) is 0. The smallest absolute Gasteiger partial charge is 0.228 e. The molecule has 1 aromatic carbocycles. The SMILES string of the molecule is N#CCc1ccc(C[N+](=O)[O-])cc1. The van der Waals surface area contributed by atoms with Gasteiger partial charge in [-0.15, -0.1) is 0 Å². The third-order valence-corrected chi connectivity index (χ3v) is 1.62. The van der Waals surface area contributed by atoms with E-state index in [1.54, 1.807) is 24.3 Å². The van der Waals surface area contributed by atoms with Gasteiger partial charge in [-0.2, -0.15) is 5.26 Å². The van der Waals surface area contributed by atoms with Crippen molar-refractivity contribution in [2.45, 2.75) is 13.0 Å². The Morgan fingerprint density at radius 2 is 1.85 bits per heavy atom. The molecule has 1 rings (SSSR count). The Kier molecular flexibility index (Phi) is 2.98. The lowest BCUT2D eigenvalue weighted by Crippen LogP contribution is -1.97. The van der Waals surface area contributed by atoms with Crippen LogP contribution in [0.25, 0.3) is 0 Å². The van der Waals surface area contributed by atoms with E-state index < -0.39 is 0 Å². The van der Waals surface area contributed by atoms with Gasteiger partial charge in [0.2, 0.25) is 6.54 Å². The molecule has 13 heavy (non-hydrogen) atoms. The maximum absolute atomic E-state index is 10.1. The van der Waals surface area contributed by atoms with Crippen LogP contribution in [0.3, 0.4) is 0 Å². The minimum Gasteiger partial charge on any atom is -0.264 e. The highest BCUT2D eigenvalue weighted by molar-refractivity contribution is 5.23. The molecule has 0 aliphatic rings. The Morgan fingerprint density at radius 1 is 1.31 bits per heavy atom. The van der Waals surface area contributed by atoms with Crippen molar-refractivity contribution in [3.63, 3.8) is 0 Å². The van der Waals surface area contributed by atoms with E-state index in [1.807, 2.05) is 6.07 Å². The van der Waals surface area contributed by atoms with E-state index in [-0.39, 0.29) is 11.5 Å². The van der Waals surface area contributed by atoms with Crippen molar-refractivity contribution in [3.8, 4) is 6.07 Å². The molecule has 0 spiro atoms. The van der Waals surface area contributed by atoms with Gasteiger partial charge in [0.25, 0.3) is 0 Å². The summed E-state index contributed by atoms with van der Waals surface area (Å²) < 4.78 is 0. The van der Waals surface area contributed by atoms with Gasteiger partial charge in [0.1, 0.15) is 0 Å². The van der Waals surface area contributed by atoms with Crippen LogP contribution in [0.1, 0.15) is 11.1 Å². The number of hydrogen-bond donors (Lipinski definition) is 0. The van der Waals surface area contributed by atoms with E-state index in [1.165, 1.54) is 0 Å². The minimum atomic E-state index is -0.376. The molecule has 0 unspecified atom stereocenters. The fourth-order valence-corrected chi connectivity index (χ4v) is 1.00. The molecule has 0 aromatic heterocycles. The van der Waals surface area contributed by atoms with Crippen LogP contribution in [0, 0.1) is 21.4 Å². The van der Waals surface area contributed by atoms with E-state index in [9.17, 15) is 10.1 Å². The summed E-state index contributed by atoms with van der Waals surface area (Å²) in [5, 5.41) is 18.5. The van der Waals surface area contributed by atoms with Crippen LogP contribution in [0.2, 0.25) is 0 Å². The van der Waals surface area contributed by atoms with Crippen LogP contribution >= 0.6 is 0 Å². The Labute approximate surface area is 75.6 Å². The summed E-state index contributed by atoms with van der Waals surface area (Å²) in [6.07, 6.45) is 0.346. The highest BCUT2D eigenvalue weighted by atomic mass is 16.6. The summed E-state index contributed by atoms with van der Waals surface area (Å²) in [7, 11) is 0. The lowest BCUT2D eigenvalue weighted by atomic mass is 10.1. The first kappa shape index (κ1) is 9.20. The van der Waals surface area contributed by atoms with Crippen molar-refractivity contribution in [1.82, 2.24) is 0 Å². The largest absolute Gasteiger partial charge is 0.264 e.